The zero-order chi connectivity index (χ0) is 14.8. The van der Waals surface area contributed by atoms with E-state index in [2.05, 4.69) is 5.32 Å². The lowest BCUT2D eigenvalue weighted by atomic mass is 9.84. The number of rotatable bonds is 5. The Labute approximate surface area is 125 Å². The molecule has 0 aliphatic heterocycles. The SMILES string of the molecule is NC1C2CCC(C2)C1C(=O)Nc1cccc(CCCO)c1. The van der Waals surface area contributed by atoms with Crippen molar-refractivity contribution in [3.05, 3.63) is 29.8 Å². The fourth-order valence-corrected chi connectivity index (χ4v) is 4.04. The number of benzene rings is 1. The quantitative estimate of drug-likeness (QED) is 0.775. The molecule has 3 rings (SSSR count). The molecule has 2 fully saturated rings. The zero-order valence-electron chi connectivity index (χ0n) is 12.3. The van der Waals surface area contributed by atoms with Gasteiger partial charge in [-0.2, -0.15) is 0 Å². The molecule has 2 bridgehead atoms. The summed E-state index contributed by atoms with van der Waals surface area (Å²) < 4.78 is 0. The number of nitrogens with one attached hydrogen (secondary N) is 1. The van der Waals surface area contributed by atoms with Gasteiger partial charge in [-0.15, -0.1) is 0 Å². The van der Waals surface area contributed by atoms with E-state index in [1.165, 1.54) is 6.42 Å². The molecule has 4 atom stereocenters. The summed E-state index contributed by atoms with van der Waals surface area (Å²) >= 11 is 0. The number of hydrogen-bond donors (Lipinski definition) is 3. The lowest BCUT2D eigenvalue weighted by molar-refractivity contribution is -0.121. The number of aliphatic hydroxyl groups is 1. The maximum absolute atomic E-state index is 12.5. The minimum Gasteiger partial charge on any atom is -0.396 e. The van der Waals surface area contributed by atoms with E-state index in [0.29, 0.717) is 11.8 Å². The summed E-state index contributed by atoms with van der Waals surface area (Å²) in [4.78, 5) is 12.5. The molecule has 114 valence electrons. The van der Waals surface area contributed by atoms with Crippen molar-refractivity contribution in [2.24, 2.45) is 23.5 Å². The summed E-state index contributed by atoms with van der Waals surface area (Å²) in [5, 5.41) is 11.9. The largest absolute Gasteiger partial charge is 0.396 e. The fraction of sp³-hybridized carbons (Fsp3) is 0.588. The van der Waals surface area contributed by atoms with Crippen LogP contribution in [0.2, 0.25) is 0 Å². The van der Waals surface area contributed by atoms with Crippen molar-refractivity contribution in [1.82, 2.24) is 0 Å². The standard InChI is InChI=1S/C17H24N2O2/c18-16-13-7-6-12(10-13)15(16)17(21)19-14-5-1-3-11(9-14)4-2-8-20/h1,3,5,9,12-13,15-16,20H,2,4,6-8,10,18H2,(H,19,21). The van der Waals surface area contributed by atoms with Gasteiger partial charge < -0.3 is 16.2 Å². The molecule has 4 nitrogen and oxygen atoms in total. The maximum Gasteiger partial charge on any atom is 0.229 e. The van der Waals surface area contributed by atoms with Crippen molar-refractivity contribution in [3.63, 3.8) is 0 Å². The predicted octanol–water partition coefficient (Wildman–Crippen LogP) is 1.92. The highest BCUT2D eigenvalue weighted by Gasteiger charge is 2.49. The highest BCUT2D eigenvalue weighted by Crippen LogP contribution is 2.47. The van der Waals surface area contributed by atoms with E-state index < -0.39 is 0 Å². The van der Waals surface area contributed by atoms with Crippen LogP contribution in [0.25, 0.3) is 0 Å². The molecule has 21 heavy (non-hydrogen) atoms. The summed E-state index contributed by atoms with van der Waals surface area (Å²) in [6.07, 6.45) is 5.03. The maximum atomic E-state index is 12.5. The Kier molecular flexibility index (Phi) is 4.27. The van der Waals surface area contributed by atoms with Crippen LogP contribution in [-0.2, 0) is 11.2 Å². The Morgan fingerprint density at radius 3 is 2.86 bits per heavy atom. The molecule has 4 heteroatoms. The number of aryl methyl sites for hydroxylation is 1. The molecule has 1 aromatic rings. The molecule has 0 radical (unpaired) electrons. The second kappa shape index (κ2) is 6.16. The number of aliphatic hydroxyl groups excluding tert-OH is 1. The molecule has 0 saturated heterocycles. The van der Waals surface area contributed by atoms with E-state index >= 15 is 0 Å². The van der Waals surface area contributed by atoms with Gasteiger partial charge in [-0.1, -0.05) is 12.1 Å². The van der Waals surface area contributed by atoms with E-state index in [1.807, 2.05) is 24.3 Å². The average Bonchev–Trinajstić information content (AvgIpc) is 3.06. The normalized spacial score (nSPS) is 30.6. The Hall–Kier alpha value is -1.39. The van der Waals surface area contributed by atoms with Crippen molar-refractivity contribution in [2.75, 3.05) is 11.9 Å². The number of amides is 1. The van der Waals surface area contributed by atoms with Crippen LogP contribution in [0.15, 0.2) is 24.3 Å². The van der Waals surface area contributed by atoms with Gasteiger partial charge in [0.25, 0.3) is 0 Å². The number of fused-ring (bicyclic) bond motifs is 2. The van der Waals surface area contributed by atoms with Crippen LogP contribution in [0.5, 0.6) is 0 Å². The number of nitrogens with two attached hydrogens (primary N) is 1. The number of carbonyl (C=O) groups is 1. The smallest absolute Gasteiger partial charge is 0.229 e. The van der Waals surface area contributed by atoms with Gasteiger partial charge in [0.1, 0.15) is 0 Å². The highest BCUT2D eigenvalue weighted by molar-refractivity contribution is 5.93. The van der Waals surface area contributed by atoms with E-state index in [4.69, 9.17) is 10.8 Å². The second-order valence-electron chi connectivity index (χ2n) is 6.45. The summed E-state index contributed by atoms with van der Waals surface area (Å²) in [6, 6.07) is 7.91. The molecule has 2 aliphatic rings. The summed E-state index contributed by atoms with van der Waals surface area (Å²) in [5.41, 5.74) is 8.20. The van der Waals surface area contributed by atoms with E-state index in [0.717, 1.165) is 36.9 Å². The van der Waals surface area contributed by atoms with Crippen molar-refractivity contribution < 1.29 is 9.90 Å². The van der Waals surface area contributed by atoms with Gasteiger partial charge in [-0.25, -0.2) is 0 Å². The predicted molar refractivity (Wildman–Crippen MR) is 82.8 cm³/mol. The van der Waals surface area contributed by atoms with Gasteiger partial charge in [0.2, 0.25) is 5.91 Å². The Balaban J connectivity index is 1.65. The minimum absolute atomic E-state index is 0.0233. The van der Waals surface area contributed by atoms with Crippen molar-refractivity contribution >= 4 is 11.6 Å². The zero-order valence-corrected chi connectivity index (χ0v) is 12.3. The first-order valence-electron chi connectivity index (χ1n) is 7.95. The van der Waals surface area contributed by atoms with Gasteiger partial charge in [0.15, 0.2) is 0 Å². The number of hydrogen-bond acceptors (Lipinski definition) is 3. The highest BCUT2D eigenvalue weighted by atomic mass is 16.2. The van der Waals surface area contributed by atoms with Crippen LogP contribution in [-0.4, -0.2) is 23.7 Å². The average molecular weight is 288 g/mol. The third-order valence-corrected chi connectivity index (χ3v) is 5.10. The van der Waals surface area contributed by atoms with E-state index in [1.54, 1.807) is 0 Å². The lowest BCUT2D eigenvalue weighted by Gasteiger charge is -2.27. The number of carbonyl (C=O) groups excluding carboxylic acids is 1. The number of anilines is 1. The van der Waals surface area contributed by atoms with Crippen LogP contribution < -0.4 is 11.1 Å². The van der Waals surface area contributed by atoms with Crippen molar-refractivity contribution in [1.29, 1.82) is 0 Å². The Morgan fingerprint density at radius 2 is 2.14 bits per heavy atom. The topological polar surface area (TPSA) is 75.4 Å². The van der Waals surface area contributed by atoms with Gasteiger partial charge in [0, 0.05) is 18.3 Å². The molecule has 4 unspecified atom stereocenters. The fourth-order valence-electron chi connectivity index (χ4n) is 4.04. The van der Waals surface area contributed by atoms with Crippen LogP contribution in [0, 0.1) is 17.8 Å². The molecular formula is C17H24N2O2. The molecule has 0 heterocycles. The monoisotopic (exact) mass is 288 g/mol. The molecular weight excluding hydrogens is 264 g/mol. The minimum atomic E-state index is -0.0233. The van der Waals surface area contributed by atoms with Crippen LogP contribution in [0.4, 0.5) is 5.69 Å². The van der Waals surface area contributed by atoms with E-state index in [9.17, 15) is 4.79 Å². The summed E-state index contributed by atoms with van der Waals surface area (Å²) in [6.45, 7) is 0.191. The van der Waals surface area contributed by atoms with Crippen LogP contribution >= 0.6 is 0 Å². The summed E-state index contributed by atoms with van der Waals surface area (Å²) in [7, 11) is 0. The molecule has 1 aromatic carbocycles. The van der Waals surface area contributed by atoms with Gasteiger partial charge in [0.05, 0.1) is 5.92 Å². The van der Waals surface area contributed by atoms with Crippen LogP contribution in [0.3, 0.4) is 0 Å². The van der Waals surface area contributed by atoms with E-state index in [-0.39, 0.29) is 24.5 Å². The lowest BCUT2D eigenvalue weighted by Crippen LogP contribution is -2.42. The molecule has 2 aliphatic carbocycles. The first kappa shape index (κ1) is 14.5. The third kappa shape index (κ3) is 2.97. The van der Waals surface area contributed by atoms with Crippen molar-refractivity contribution in [3.8, 4) is 0 Å². The van der Waals surface area contributed by atoms with Crippen LogP contribution in [0.1, 0.15) is 31.2 Å². The first-order valence-corrected chi connectivity index (χ1v) is 7.95. The molecule has 0 aromatic heterocycles. The Morgan fingerprint density at radius 1 is 1.33 bits per heavy atom. The van der Waals surface area contributed by atoms with Gasteiger partial charge in [-0.3, -0.25) is 4.79 Å². The molecule has 2 saturated carbocycles. The third-order valence-electron chi connectivity index (χ3n) is 5.10. The summed E-state index contributed by atoms with van der Waals surface area (Å²) in [5.74, 6) is 1.07. The van der Waals surface area contributed by atoms with Crippen molar-refractivity contribution in [2.45, 2.75) is 38.1 Å². The molecule has 0 spiro atoms. The second-order valence-corrected chi connectivity index (χ2v) is 6.45. The Bertz CT molecular complexity index is 515. The molecule has 4 N–H and O–H groups in total. The van der Waals surface area contributed by atoms with Gasteiger partial charge in [-0.05, 0) is 61.6 Å². The molecule has 1 amide bonds. The first-order chi connectivity index (χ1) is 10.2. The van der Waals surface area contributed by atoms with Gasteiger partial charge >= 0.3 is 0 Å².